The highest BCUT2D eigenvalue weighted by Gasteiger charge is 2.45. The number of nitrogens with zero attached hydrogens (tertiary/aromatic N) is 3. The van der Waals surface area contributed by atoms with Crippen LogP contribution in [0.15, 0.2) is 46.2 Å². The van der Waals surface area contributed by atoms with E-state index in [1.807, 2.05) is 17.6 Å². The number of aromatic nitrogens is 1. The highest BCUT2D eigenvalue weighted by atomic mass is 32.2. The number of rotatable bonds is 5. The Labute approximate surface area is 158 Å². The molecule has 0 spiro atoms. The average Bonchev–Trinajstić information content (AvgIpc) is 3.18. The van der Waals surface area contributed by atoms with Crippen molar-refractivity contribution in [1.29, 1.82) is 0 Å². The smallest absolute Gasteiger partial charge is 0.252 e. The normalized spacial score (nSPS) is 25.9. The lowest BCUT2D eigenvalue weighted by Crippen LogP contribution is -2.60. The SMILES string of the molecule is CO[C@H]1CN(C2CCN(S(=O)(=O)c3cccs3)CC2)[C@H]1c1cccnc1. The van der Waals surface area contributed by atoms with Crippen molar-refractivity contribution in [1.82, 2.24) is 14.2 Å². The molecule has 2 aromatic heterocycles. The van der Waals surface area contributed by atoms with Crippen molar-refractivity contribution in [3.63, 3.8) is 0 Å². The van der Waals surface area contributed by atoms with E-state index in [9.17, 15) is 8.42 Å². The molecule has 2 aliphatic heterocycles. The molecule has 2 atom stereocenters. The minimum atomic E-state index is -3.34. The van der Waals surface area contributed by atoms with E-state index < -0.39 is 10.0 Å². The number of pyridine rings is 1. The molecule has 0 bridgehead atoms. The summed E-state index contributed by atoms with van der Waals surface area (Å²) >= 11 is 1.28. The average molecular weight is 394 g/mol. The summed E-state index contributed by atoms with van der Waals surface area (Å²) in [7, 11) is -1.59. The Balaban J connectivity index is 1.43. The molecule has 4 rings (SSSR count). The minimum absolute atomic E-state index is 0.173. The molecule has 0 unspecified atom stereocenters. The molecule has 4 heterocycles. The van der Waals surface area contributed by atoms with Gasteiger partial charge in [-0.2, -0.15) is 4.31 Å². The highest BCUT2D eigenvalue weighted by molar-refractivity contribution is 7.91. The van der Waals surface area contributed by atoms with Gasteiger partial charge < -0.3 is 4.74 Å². The van der Waals surface area contributed by atoms with Gasteiger partial charge in [0.2, 0.25) is 0 Å². The second-order valence-electron chi connectivity index (χ2n) is 6.77. The molecule has 2 aliphatic rings. The van der Waals surface area contributed by atoms with Crippen LogP contribution in [0.3, 0.4) is 0 Å². The van der Waals surface area contributed by atoms with Crippen molar-refractivity contribution in [3.05, 3.63) is 47.6 Å². The first-order valence-electron chi connectivity index (χ1n) is 8.83. The Hall–Kier alpha value is -1.32. The van der Waals surface area contributed by atoms with Crippen LogP contribution in [0.5, 0.6) is 0 Å². The molecule has 26 heavy (non-hydrogen) atoms. The standard InChI is InChI=1S/C18H23N3O3S2/c1-24-16-13-21(18(16)14-4-2-8-19-12-14)15-6-9-20(10-7-15)26(22,23)17-5-3-11-25-17/h2-5,8,11-12,15-16,18H,6-7,9-10,13H2,1H3/t16-,18-/m0/s1. The van der Waals surface area contributed by atoms with Crippen molar-refractivity contribution >= 4 is 21.4 Å². The van der Waals surface area contributed by atoms with E-state index in [1.54, 1.807) is 29.7 Å². The summed E-state index contributed by atoms with van der Waals surface area (Å²) in [6.45, 7) is 2.02. The van der Waals surface area contributed by atoms with E-state index in [1.165, 1.54) is 16.9 Å². The van der Waals surface area contributed by atoms with E-state index in [4.69, 9.17) is 4.74 Å². The summed E-state index contributed by atoms with van der Waals surface area (Å²) in [5, 5.41) is 1.81. The molecule has 6 nitrogen and oxygen atoms in total. The van der Waals surface area contributed by atoms with Gasteiger partial charge in [0.15, 0.2) is 0 Å². The lowest BCUT2D eigenvalue weighted by atomic mass is 9.88. The molecule has 0 aromatic carbocycles. The van der Waals surface area contributed by atoms with Crippen molar-refractivity contribution < 1.29 is 13.2 Å². The molecule has 2 aromatic rings. The Kier molecular flexibility index (Phi) is 5.11. The van der Waals surface area contributed by atoms with Gasteiger partial charge in [-0.15, -0.1) is 11.3 Å². The predicted octanol–water partition coefficient (Wildman–Crippen LogP) is 2.37. The summed E-state index contributed by atoms with van der Waals surface area (Å²) in [5.74, 6) is 0. The third kappa shape index (κ3) is 3.20. The molecule has 0 N–H and O–H groups in total. The maximum absolute atomic E-state index is 12.7. The van der Waals surface area contributed by atoms with Gasteiger partial charge in [0.05, 0.1) is 12.1 Å². The van der Waals surface area contributed by atoms with Crippen LogP contribution in [0.25, 0.3) is 0 Å². The van der Waals surface area contributed by atoms with Crippen LogP contribution < -0.4 is 0 Å². The summed E-state index contributed by atoms with van der Waals surface area (Å²) in [6, 6.07) is 8.10. The van der Waals surface area contributed by atoms with Crippen LogP contribution in [0.1, 0.15) is 24.4 Å². The lowest BCUT2D eigenvalue weighted by Gasteiger charge is -2.52. The maximum atomic E-state index is 12.7. The fourth-order valence-electron chi connectivity index (χ4n) is 3.99. The Bertz CT molecular complexity index is 819. The van der Waals surface area contributed by atoms with Crippen LogP contribution in [-0.4, -0.2) is 61.5 Å². The van der Waals surface area contributed by atoms with Crippen LogP contribution in [0.4, 0.5) is 0 Å². The van der Waals surface area contributed by atoms with Gasteiger partial charge in [-0.3, -0.25) is 9.88 Å². The van der Waals surface area contributed by atoms with Gasteiger partial charge in [0, 0.05) is 45.2 Å². The lowest BCUT2D eigenvalue weighted by molar-refractivity contribution is -0.114. The monoisotopic (exact) mass is 393 g/mol. The summed E-state index contributed by atoms with van der Waals surface area (Å²) < 4.78 is 33.1. The molecular weight excluding hydrogens is 370 g/mol. The van der Waals surface area contributed by atoms with E-state index in [-0.39, 0.29) is 12.1 Å². The number of hydrogen-bond acceptors (Lipinski definition) is 6. The predicted molar refractivity (Wildman–Crippen MR) is 101 cm³/mol. The van der Waals surface area contributed by atoms with Crippen LogP contribution in [0.2, 0.25) is 0 Å². The van der Waals surface area contributed by atoms with Crippen LogP contribution in [-0.2, 0) is 14.8 Å². The quantitative estimate of drug-likeness (QED) is 0.780. The number of ether oxygens (including phenoxy) is 1. The van der Waals surface area contributed by atoms with Crippen LogP contribution in [0, 0.1) is 0 Å². The fourth-order valence-corrected chi connectivity index (χ4v) is 6.60. The summed E-state index contributed by atoms with van der Waals surface area (Å²) in [6.07, 6.45) is 5.55. The first-order valence-corrected chi connectivity index (χ1v) is 11.2. The van der Waals surface area contributed by atoms with E-state index in [2.05, 4.69) is 16.0 Å². The summed E-state index contributed by atoms with van der Waals surface area (Å²) in [4.78, 5) is 6.68. The number of methoxy groups -OCH3 is 1. The van der Waals surface area contributed by atoms with Crippen molar-refractivity contribution in [2.24, 2.45) is 0 Å². The molecule has 2 fully saturated rings. The van der Waals surface area contributed by atoms with Crippen molar-refractivity contribution in [2.45, 2.75) is 35.2 Å². The van der Waals surface area contributed by atoms with E-state index >= 15 is 0 Å². The number of likely N-dealkylation sites (tertiary alicyclic amines) is 1. The van der Waals surface area contributed by atoms with Gasteiger partial charge in [-0.1, -0.05) is 12.1 Å². The Morgan fingerprint density at radius 1 is 1.23 bits per heavy atom. The number of thiophene rings is 1. The zero-order valence-electron chi connectivity index (χ0n) is 14.7. The van der Waals surface area contributed by atoms with E-state index in [0.29, 0.717) is 23.3 Å². The zero-order valence-corrected chi connectivity index (χ0v) is 16.3. The Morgan fingerprint density at radius 3 is 2.65 bits per heavy atom. The first-order chi connectivity index (χ1) is 12.6. The molecule has 0 saturated carbocycles. The molecule has 0 aliphatic carbocycles. The molecule has 140 valence electrons. The maximum Gasteiger partial charge on any atom is 0.252 e. The first kappa shape index (κ1) is 18.1. The molecule has 8 heteroatoms. The molecule has 0 amide bonds. The second-order valence-corrected chi connectivity index (χ2v) is 9.88. The largest absolute Gasteiger partial charge is 0.378 e. The zero-order chi connectivity index (χ0) is 18.1. The highest BCUT2D eigenvalue weighted by Crippen LogP contribution is 2.39. The van der Waals surface area contributed by atoms with Gasteiger partial charge in [0.25, 0.3) is 10.0 Å². The molecule has 2 saturated heterocycles. The third-order valence-corrected chi connectivity index (χ3v) is 8.68. The van der Waals surface area contributed by atoms with Crippen molar-refractivity contribution in [3.8, 4) is 0 Å². The van der Waals surface area contributed by atoms with Gasteiger partial charge in [0.1, 0.15) is 4.21 Å². The summed E-state index contributed by atoms with van der Waals surface area (Å²) in [5.41, 5.74) is 1.17. The van der Waals surface area contributed by atoms with Gasteiger partial charge in [-0.05, 0) is 35.9 Å². The fraction of sp³-hybridized carbons (Fsp3) is 0.500. The number of sulfonamides is 1. The molecule has 0 radical (unpaired) electrons. The molecular formula is C18H23N3O3S2. The minimum Gasteiger partial charge on any atom is -0.378 e. The topological polar surface area (TPSA) is 62.7 Å². The number of piperidine rings is 1. The Morgan fingerprint density at radius 2 is 2.04 bits per heavy atom. The second kappa shape index (κ2) is 7.36. The van der Waals surface area contributed by atoms with Gasteiger partial charge in [-0.25, -0.2) is 8.42 Å². The van der Waals surface area contributed by atoms with Crippen molar-refractivity contribution in [2.75, 3.05) is 26.7 Å². The van der Waals surface area contributed by atoms with Gasteiger partial charge >= 0.3 is 0 Å². The van der Waals surface area contributed by atoms with E-state index in [0.717, 1.165) is 19.4 Å². The third-order valence-electron chi connectivity index (χ3n) is 5.41. The van der Waals surface area contributed by atoms with Crippen LogP contribution >= 0.6 is 11.3 Å². The number of hydrogen-bond donors (Lipinski definition) is 0.